The molecule has 0 saturated heterocycles. The lowest BCUT2D eigenvalue weighted by atomic mass is 10.4. The molecule has 13 heavy (non-hydrogen) atoms. The average molecular weight is 200 g/mol. The molecule has 0 spiro atoms. The predicted octanol–water partition coefficient (Wildman–Crippen LogP) is 1.30. The molecule has 1 rings (SSSR count). The number of thioether (sulfide) groups is 1. The fourth-order valence-electron chi connectivity index (χ4n) is 0.830. The van der Waals surface area contributed by atoms with Crippen molar-refractivity contribution in [3.8, 4) is 0 Å². The summed E-state index contributed by atoms with van der Waals surface area (Å²) in [6, 6.07) is 0. The second-order valence-electron chi connectivity index (χ2n) is 2.93. The van der Waals surface area contributed by atoms with E-state index in [-0.39, 0.29) is 0 Å². The molecule has 1 unspecified atom stereocenters. The van der Waals surface area contributed by atoms with E-state index in [4.69, 9.17) is 5.73 Å². The molecular formula is C8H16N4S. The third-order valence-corrected chi connectivity index (χ3v) is 3.18. The highest BCUT2D eigenvalue weighted by Gasteiger charge is 2.04. The Kier molecular flexibility index (Phi) is 4.24. The van der Waals surface area contributed by atoms with Crippen molar-refractivity contribution in [1.29, 1.82) is 0 Å². The van der Waals surface area contributed by atoms with E-state index in [1.165, 1.54) is 6.42 Å². The highest BCUT2D eigenvalue weighted by molar-refractivity contribution is 7.99. The van der Waals surface area contributed by atoms with Crippen molar-refractivity contribution in [3.05, 3.63) is 11.6 Å². The number of nitrogens with one attached hydrogen (secondary N) is 1. The summed E-state index contributed by atoms with van der Waals surface area (Å²) in [6.45, 7) is 4.80. The Morgan fingerprint density at radius 2 is 2.38 bits per heavy atom. The summed E-state index contributed by atoms with van der Waals surface area (Å²) in [5, 5.41) is 7.51. The van der Waals surface area contributed by atoms with Crippen molar-refractivity contribution in [2.75, 3.05) is 0 Å². The van der Waals surface area contributed by atoms with Crippen molar-refractivity contribution in [3.63, 3.8) is 0 Å². The Balaban J connectivity index is 2.36. The van der Waals surface area contributed by atoms with Crippen molar-refractivity contribution in [1.82, 2.24) is 15.2 Å². The van der Waals surface area contributed by atoms with Gasteiger partial charge in [0.05, 0.1) is 12.3 Å². The highest BCUT2D eigenvalue weighted by atomic mass is 32.2. The monoisotopic (exact) mass is 200 g/mol. The van der Waals surface area contributed by atoms with E-state index in [0.717, 1.165) is 11.6 Å². The molecule has 74 valence electrons. The van der Waals surface area contributed by atoms with E-state index < -0.39 is 0 Å². The van der Waals surface area contributed by atoms with Gasteiger partial charge in [0, 0.05) is 5.25 Å². The summed E-state index contributed by atoms with van der Waals surface area (Å²) in [6.07, 6.45) is 1.18. The van der Waals surface area contributed by atoms with Gasteiger partial charge >= 0.3 is 0 Å². The van der Waals surface area contributed by atoms with Crippen LogP contribution in [0.3, 0.4) is 0 Å². The van der Waals surface area contributed by atoms with Crippen LogP contribution in [0.1, 0.15) is 31.9 Å². The van der Waals surface area contributed by atoms with Gasteiger partial charge < -0.3 is 5.73 Å². The molecule has 3 N–H and O–H groups in total. The Morgan fingerprint density at radius 1 is 1.62 bits per heavy atom. The van der Waals surface area contributed by atoms with Gasteiger partial charge in [-0.25, -0.2) is 4.98 Å². The molecule has 0 aromatic carbocycles. The summed E-state index contributed by atoms with van der Waals surface area (Å²) >= 11 is 1.88. The first kappa shape index (κ1) is 10.5. The smallest absolute Gasteiger partial charge is 0.164 e. The number of nitrogens with zero attached hydrogens (tertiary/aromatic N) is 2. The highest BCUT2D eigenvalue weighted by Crippen LogP contribution is 2.17. The minimum absolute atomic E-state index is 0.407. The van der Waals surface area contributed by atoms with Crippen LogP contribution in [0.4, 0.5) is 0 Å². The van der Waals surface area contributed by atoms with Crippen LogP contribution >= 0.6 is 11.8 Å². The molecule has 5 heteroatoms. The van der Waals surface area contributed by atoms with Crippen LogP contribution < -0.4 is 5.73 Å². The number of hydrogen-bond acceptors (Lipinski definition) is 4. The molecule has 0 aliphatic carbocycles. The fourth-order valence-corrected chi connectivity index (χ4v) is 1.64. The maximum absolute atomic E-state index is 5.39. The van der Waals surface area contributed by atoms with Crippen molar-refractivity contribution in [2.24, 2.45) is 5.73 Å². The van der Waals surface area contributed by atoms with Crippen LogP contribution in [-0.2, 0) is 12.3 Å². The third kappa shape index (κ3) is 3.36. The van der Waals surface area contributed by atoms with E-state index in [2.05, 4.69) is 29.0 Å². The molecule has 0 radical (unpaired) electrons. The number of aromatic amines is 1. The zero-order chi connectivity index (χ0) is 9.68. The maximum Gasteiger partial charge on any atom is 0.164 e. The first-order chi connectivity index (χ1) is 6.26. The van der Waals surface area contributed by atoms with Crippen LogP contribution in [0.5, 0.6) is 0 Å². The van der Waals surface area contributed by atoms with Gasteiger partial charge in [-0.05, 0) is 6.42 Å². The topological polar surface area (TPSA) is 67.6 Å². The van der Waals surface area contributed by atoms with Gasteiger partial charge in [-0.15, -0.1) is 0 Å². The Morgan fingerprint density at radius 3 is 2.92 bits per heavy atom. The van der Waals surface area contributed by atoms with Crippen LogP contribution in [0.2, 0.25) is 0 Å². The Labute approximate surface area is 82.7 Å². The first-order valence-corrected chi connectivity index (χ1v) is 5.53. The van der Waals surface area contributed by atoms with E-state index >= 15 is 0 Å². The maximum atomic E-state index is 5.39. The molecule has 0 fully saturated rings. The van der Waals surface area contributed by atoms with Crippen LogP contribution in [-0.4, -0.2) is 20.4 Å². The van der Waals surface area contributed by atoms with E-state index in [0.29, 0.717) is 17.6 Å². The summed E-state index contributed by atoms with van der Waals surface area (Å²) < 4.78 is 0. The van der Waals surface area contributed by atoms with Crippen molar-refractivity contribution < 1.29 is 0 Å². The molecule has 4 nitrogen and oxygen atoms in total. The van der Waals surface area contributed by atoms with Crippen LogP contribution in [0.15, 0.2) is 0 Å². The van der Waals surface area contributed by atoms with E-state index in [1.54, 1.807) is 0 Å². The van der Waals surface area contributed by atoms with Crippen LogP contribution in [0, 0.1) is 0 Å². The molecule has 0 bridgehead atoms. The Bertz CT molecular complexity index is 248. The second kappa shape index (κ2) is 5.24. The largest absolute Gasteiger partial charge is 0.324 e. The number of aromatic nitrogens is 3. The first-order valence-electron chi connectivity index (χ1n) is 4.48. The van der Waals surface area contributed by atoms with Gasteiger partial charge in [-0.2, -0.15) is 16.9 Å². The molecule has 0 aliphatic heterocycles. The normalized spacial score (nSPS) is 13.2. The zero-order valence-corrected chi connectivity index (χ0v) is 8.90. The lowest BCUT2D eigenvalue weighted by Gasteiger charge is -2.04. The van der Waals surface area contributed by atoms with Gasteiger partial charge in [0.2, 0.25) is 0 Å². The standard InChI is InChI=1S/C8H16N4S/c1-3-6(2)13-5-8-10-7(4-9)11-12-8/h6H,3-5,9H2,1-2H3,(H,10,11,12). The number of hydrogen-bond donors (Lipinski definition) is 2. The molecule has 1 aromatic heterocycles. The molecule has 1 atom stereocenters. The second-order valence-corrected chi connectivity index (χ2v) is 4.36. The quantitative estimate of drug-likeness (QED) is 0.751. The fraction of sp³-hybridized carbons (Fsp3) is 0.750. The van der Waals surface area contributed by atoms with Gasteiger partial charge in [0.1, 0.15) is 5.82 Å². The van der Waals surface area contributed by atoms with Crippen molar-refractivity contribution >= 4 is 11.8 Å². The summed E-state index contributed by atoms with van der Waals surface area (Å²) in [5.74, 6) is 2.51. The van der Waals surface area contributed by atoms with Gasteiger partial charge in [0.25, 0.3) is 0 Å². The minimum Gasteiger partial charge on any atom is -0.324 e. The molecule has 0 amide bonds. The summed E-state index contributed by atoms with van der Waals surface area (Å²) in [5.41, 5.74) is 5.39. The molecular weight excluding hydrogens is 184 g/mol. The zero-order valence-electron chi connectivity index (χ0n) is 8.08. The predicted molar refractivity (Wildman–Crippen MR) is 55.3 cm³/mol. The van der Waals surface area contributed by atoms with Gasteiger partial charge in [-0.1, -0.05) is 13.8 Å². The Hall–Kier alpha value is -0.550. The van der Waals surface area contributed by atoms with E-state index in [9.17, 15) is 0 Å². The molecule has 1 aromatic rings. The van der Waals surface area contributed by atoms with Crippen LogP contribution in [0.25, 0.3) is 0 Å². The summed E-state index contributed by atoms with van der Waals surface area (Å²) in [7, 11) is 0. The molecule has 0 saturated carbocycles. The minimum atomic E-state index is 0.407. The van der Waals surface area contributed by atoms with E-state index in [1.807, 2.05) is 11.8 Å². The SMILES string of the molecule is CCC(C)SCc1nc(CN)n[nH]1. The summed E-state index contributed by atoms with van der Waals surface area (Å²) in [4.78, 5) is 4.22. The lowest BCUT2D eigenvalue weighted by Crippen LogP contribution is -1.98. The number of rotatable bonds is 5. The number of nitrogens with two attached hydrogens (primary N) is 1. The van der Waals surface area contributed by atoms with Crippen molar-refractivity contribution in [2.45, 2.75) is 37.8 Å². The number of H-pyrrole nitrogens is 1. The van der Waals surface area contributed by atoms with Gasteiger partial charge in [-0.3, -0.25) is 5.10 Å². The average Bonchev–Trinajstić information content (AvgIpc) is 2.61. The van der Waals surface area contributed by atoms with Gasteiger partial charge in [0.15, 0.2) is 5.82 Å². The third-order valence-electron chi connectivity index (χ3n) is 1.84. The molecule has 0 aliphatic rings. The lowest BCUT2D eigenvalue weighted by molar-refractivity contribution is 0.901. The molecule has 1 heterocycles.